The molecule has 36 heavy (non-hydrogen) atoms. The van der Waals surface area contributed by atoms with Gasteiger partial charge < -0.3 is 10.1 Å². The van der Waals surface area contributed by atoms with Crippen molar-refractivity contribution in [1.82, 2.24) is 4.31 Å². The molecule has 0 saturated carbocycles. The molecule has 190 valence electrons. The number of rotatable bonds is 8. The quantitative estimate of drug-likeness (QED) is 0.459. The van der Waals surface area contributed by atoms with Crippen molar-refractivity contribution >= 4 is 37.3 Å². The molecule has 1 aliphatic heterocycles. The van der Waals surface area contributed by atoms with Crippen LogP contribution in [0.2, 0.25) is 0 Å². The molecule has 0 radical (unpaired) electrons. The number of hydrogen-bond donors (Lipinski definition) is 2. The maximum Gasteiger partial charge on any atom is 0.261 e. The van der Waals surface area contributed by atoms with Gasteiger partial charge in [0.25, 0.3) is 15.9 Å². The first-order valence-corrected chi connectivity index (χ1v) is 14.1. The highest BCUT2D eigenvalue weighted by molar-refractivity contribution is 7.92. The molecule has 1 amide bonds. The van der Waals surface area contributed by atoms with Crippen LogP contribution in [0, 0.1) is 5.82 Å². The molecule has 9 nitrogen and oxygen atoms in total. The zero-order valence-electron chi connectivity index (χ0n) is 19.1. The highest BCUT2D eigenvalue weighted by Crippen LogP contribution is 2.20. The summed E-state index contributed by atoms with van der Waals surface area (Å²) in [5.74, 6) is -1.08. The predicted molar refractivity (Wildman–Crippen MR) is 133 cm³/mol. The number of nitrogens with one attached hydrogen (secondary N) is 2. The van der Waals surface area contributed by atoms with Gasteiger partial charge in [-0.05, 0) is 66.2 Å². The number of sulfonamides is 2. The van der Waals surface area contributed by atoms with Crippen molar-refractivity contribution < 1.29 is 30.8 Å². The summed E-state index contributed by atoms with van der Waals surface area (Å²) in [6.07, 6.45) is 0. The molecule has 12 heteroatoms. The topological polar surface area (TPSA) is 122 Å². The van der Waals surface area contributed by atoms with Crippen molar-refractivity contribution in [3.8, 4) is 0 Å². The number of amides is 1. The zero-order chi connectivity index (χ0) is 25.8. The molecule has 4 rings (SSSR count). The van der Waals surface area contributed by atoms with Gasteiger partial charge in [-0.25, -0.2) is 21.2 Å². The van der Waals surface area contributed by atoms with Gasteiger partial charge in [0.15, 0.2) is 0 Å². The normalized spacial score (nSPS) is 14.8. The third-order valence-electron chi connectivity index (χ3n) is 5.45. The minimum Gasteiger partial charge on any atom is -0.379 e. The van der Waals surface area contributed by atoms with Crippen molar-refractivity contribution in [2.75, 3.05) is 36.3 Å². The Morgan fingerprint density at radius 1 is 0.833 bits per heavy atom. The van der Waals surface area contributed by atoms with Gasteiger partial charge in [0.2, 0.25) is 10.0 Å². The van der Waals surface area contributed by atoms with Gasteiger partial charge in [0, 0.05) is 30.0 Å². The summed E-state index contributed by atoms with van der Waals surface area (Å²) in [6, 6.07) is 16.7. The average Bonchev–Trinajstić information content (AvgIpc) is 2.86. The van der Waals surface area contributed by atoms with Crippen LogP contribution in [-0.4, -0.2) is 53.4 Å². The lowest BCUT2D eigenvalue weighted by Gasteiger charge is -2.26. The predicted octanol–water partition coefficient (Wildman–Crippen LogP) is 3.04. The number of anilines is 2. The number of halogens is 1. The fourth-order valence-electron chi connectivity index (χ4n) is 3.53. The van der Waals surface area contributed by atoms with E-state index in [1.807, 2.05) is 0 Å². The van der Waals surface area contributed by atoms with E-state index < -0.39 is 31.8 Å². The van der Waals surface area contributed by atoms with Crippen LogP contribution in [0.15, 0.2) is 77.7 Å². The van der Waals surface area contributed by atoms with E-state index >= 15 is 0 Å². The Labute approximate surface area is 209 Å². The van der Waals surface area contributed by atoms with E-state index in [4.69, 9.17) is 4.74 Å². The van der Waals surface area contributed by atoms with E-state index in [9.17, 15) is 26.0 Å². The van der Waals surface area contributed by atoms with Gasteiger partial charge in [-0.2, -0.15) is 4.31 Å². The Balaban J connectivity index is 1.37. The third-order valence-corrected chi connectivity index (χ3v) is 8.69. The van der Waals surface area contributed by atoms with Crippen molar-refractivity contribution in [2.45, 2.75) is 10.6 Å². The molecule has 1 aliphatic rings. The molecule has 0 atom stereocenters. The van der Waals surface area contributed by atoms with Crippen LogP contribution in [-0.2, 0) is 30.5 Å². The summed E-state index contributed by atoms with van der Waals surface area (Å²) in [5, 5.41) is 2.68. The van der Waals surface area contributed by atoms with Crippen LogP contribution in [0.4, 0.5) is 15.8 Å². The van der Waals surface area contributed by atoms with Crippen molar-refractivity contribution in [1.29, 1.82) is 0 Å². The Morgan fingerprint density at radius 3 is 2.03 bits per heavy atom. The maximum absolute atomic E-state index is 13.0. The lowest BCUT2D eigenvalue weighted by atomic mass is 10.1. The second-order valence-electron chi connectivity index (χ2n) is 8.06. The average molecular weight is 534 g/mol. The first-order chi connectivity index (χ1) is 17.1. The molecule has 1 saturated heterocycles. The lowest BCUT2D eigenvalue weighted by Crippen LogP contribution is -2.41. The van der Waals surface area contributed by atoms with Gasteiger partial charge >= 0.3 is 0 Å². The SMILES string of the molecule is O=C(Nc1ccc(S(=O)(=O)Nc2ccc(F)cc2)cc1)c1ccc(CS(=O)(=O)N2CCOCC2)cc1. The summed E-state index contributed by atoms with van der Waals surface area (Å²) < 4.78 is 72.1. The van der Waals surface area contributed by atoms with Gasteiger partial charge in [0.1, 0.15) is 5.82 Å². The van der Waals surface area contributed by atoms with E-state index in [1.54, 1.807) is 12.1 Å². The van der Waals surface area contributed by atoms with Crippen LogP contribution in [0.25, 0.3) is 0 Å². The number of ether oxygens (including phenoxy) is 1. The molecular formula is C24H24FN3O6S2. The highest BCUT2D eigenvalue weighted by atomic mass is 32.2. The Bertz CT molecular complexity index is 1420. The maximum atomic E-state index is 13.0. The monoisotopic (exact) mass is 533 g/mol. The van der Waals surface area contributed by atoms with Crippen molar-refractivity contribution in [3.05, 3.63) is 89.7 Å². The van der Waals surface area contributed by atoms with Gasteiger partial charge in [-0.3, -0.25) is 9.52 Å². The van der Waals surface area contributed by atoms with Crippen molar-refractivity contribution in [3.63, 3.8) is 0 Å². The highest BCUT2D eigenvalue weighted by Gasteiger charge is 2.24. The first-order valence-electron chi connectivity index (χ1n) is 11.0. The fourth-order valence-corrected chi connectivity index (χ4v) is 6.09. The molecule has 2 N–H and O–H groups in total. The van der Waals surface area contributed by atoms with Gasteiger partial charge in [0.05, 0.1) is 23.9 Å². The molecule has 1 fully saturated rings. The second-order valence-corrected chi connectivity index (χ2v) is 11.7. The number of benzene rings is 3. The van der Waals surface area contributed by atoms with Crippen LogP contribution in [0.1, 0.15) is 15.9 Å². The molecule has 0 spiro atoms. The molecule has 0 unspecified atom stereocenters. The lowest BCUT2D eigenvalue weighted by molar-refractivity contribution is 0.0729. The van der Waals surface area contributed by atoms with Crippen LogP contribution < -0.4 is 10.0 Å². The molecule has 0 bridgehead atoms. The van der Waals surface area contributed by atoms with Crippen LogP contribution in [0.3, 0.4) is 0 Å². The van der Waals surface area contributed by atoms with E-state index in [0.29, 0.717) is 43.1 Å². The minimum absolute atomic E-state index is 0.0318. The largest absolute Gasteiger partial charge is 0.379 e. The van der Waals surface area contributed by atoms with Crippen LogP contribution in [0.5, 0.6) is 0 Å². The minimum atomic E-state index is -3.90. The summed E-state index contributed by atoms with van der Waals surface area (Å²) in [4.78, 5) is 12.6. The Morgan fingerprint density at radius 2 is 1.42 bits per heavy atom. The van der Waals surface area contributed by atoms with E-state index in [-0.39, 0.29) is 16.3 Å². The smallest absolute Gasteiger partial charge is 0.261 e. The summed E-state index contributed by atoms with van der Waals surface area (Å²) in [6.45, 7) is 1.39. The molecule has 1 heterocycles. The number of hydrogen-bond acceptors (Lipinski definition) is 6. The van der Waals surface area contributed by atoms with Crippen molar-refractivity contribution in [2.24, 2.45) is 0 Å². The van der Waals surface area contributed by atoms with E-state index in [0.717, 1.165) is 12.1 Å². The number of nitrogens with zero attached hydrogens (tertiary/aromatic N) is 1. The summed E-state index contributed by atoms with van der Waals surface area (Å²) in [5.41, 5.74) is 1.47. The molecule has 0 aromatic heterocycles. The van der Waals surface area contributed by atoms with E-state index in [1.165, 1.54) is 52.8 Å². The van der Waals surface area contributed by atoms with Gasteiger partial charge in [-0.15, -0.1) is 0 Å². The summed E-state index contributed by atoms with van der Waals surface area (Å²) in [7, 11) is -7.37. The van der Waals surface area contributed by atoms with Crippen LogP contribution >= 0.6 is 0 Å². The van der Waals surface area contributed by atoms with Gasteiger partial charge in [-0.1, -0.05) is 12.1 Å². The molecule has 0 aliphatic carbocycles. The van der Waals surface area contributed by atoms with E-state index in [2.05, 4.69) is 10.0 Å². The first kappa shape index (κ1) is 25.8. The Kier molecular flexibility index (Phi) is 7.69. The molecule has 3 aromatic carbocycles. The number of morpholine rings is 1. The Hall–Kier alpha value is -3.32. The number of carbonyl (C=O) groups is 1. The number of carbonyl (C=O) groups excluding carboxylic acids is 1. The molecular weight excluding hydrogens is 509 g/mol. The standard InChI is InChI=1S/C24H24FN3O6S2/c25-20-5-7-22(8-6-20)27-36(32,33)23-11-9-21(10-12-23)26-24(29)19-3-1-18(2-4-19)17-35(30,31)28-13-15-34-16-14-28/h1-12,27H,13-17H2,(H,26,29). The molecule has 3 aromatic rings. The third kappa shape index (κ3) is 6.46. The fraction of sp³-hybridized carbons (Fsp3) is 0.208. The second kappa shape index (κ2) is 10.7. The summed E-state index contributed by atoms with van der Waals surface area (Å²) >= 11 is 0. The zero-order valence-corrected chi connectivity index (χ0v) is 20.7.